The van der Waals surface area contributed by atoms with E-state index in [1.807, 2.05) is 6.92 Å². The fourth-order valence-electron chi connectivity index (χ4n) is 1.19. The van der Waals surface area contributed by atoms with Crippen molar-refractivity contribution in [2.45, 2.75) is 6.92 Å². The number of nitrogens with zero attached hydrogens (tertiary/aromatic N) is 2. The Bertz CT molecular complexity index is 271. The zero-order valence-electron chi connectivity index (χ0n) is 6.39. The normalized spacial score (nSPS) is 14.6. The van der Waals surface area contributed by atoms with Gasteiger partial charge in [-0.15, -0.1) is 0 Å². The third kappa shape index (κ3) is 1.00. The van der Waals surface area contributed by atoms with Crippen molar-refractivity contribution >= 4 is 11.5 Å². The first-order chi connectivity index (χ1) is 5.38. The molecule has 2 rings (SSSR count). The van der Waals surface area contributed by atoms with Gasteiger partial charge < -0.3 is 10.6 Å². The number of anilines is 2. The van der Waals surface area contributed by atoms with Crippen LogP contribution in [0.2, 0.25) is 0 Å². The lowest BCUT2D eigenvalue weighted by atomic mass is 10.3. The van der Waals surface area contributed by atoms with Crippen LogP contribution in [0, 0.1) is 6.92 Å². The summed E-state index contributed by atoms with van der Waals surface area (Å²) >= 11 is 0. The molecule has 0 aliphatic carbocycles. The van der Waals surface area contributed by atoms with E-state index in [1.54, 1.807) is 6.33 Å². The van der Waals surface area contributed by atoms with Gasteiger partial charge in [-0.25, -0.2) is 9.97 Å². The van der Waals surface area contributed by atoms with Crippen LogP contribution in [0.3, 0.4) is 0 Å². The minimum absolute atomic E-state index is 0.920. The highest BCUT2D eigenvalue weighted by Crippen LogP contribution is 2.22. The SMILES string of the molecule is Cc1ncnc2c1NCCN2. The van der Waals surface area contributed by atoms with E-state index in [-0.39, 0.29) is 0 Å². The van der Waals surface area contributed by atoms with Crippen molar-refractivity contribution in [3.05, 3.63) is 12.0 Å². The van der Waals surface area contributed by atoms with Crippen LogP contribution < -0.4 is 10.6 Å². The highest BCUT2D eigenvalue weighted by Gasteiger charge is 2.10. The molecule has 2 heterocycles. The highest BCUT2D eigenvalue weighted by molar-refractivity contribution is 5.68. The monoisotopic (exact) mass is 150 g/mol. The predicted octanol–water partition coefficient (Wildman–Crippen LogP) is 0.622. The van der Waals surface area contributed by atoms with E-state index in [1.165, 1.54) is 0 Å². The van der Waals surface area contributed by atoms with Gasteiger partial charge in [0.05, 0.1) is 11.4 Å². The summed E-state index contributed by atoms with van der Waals surface area (Å²) in [6.07, 6.45) is 1.58. The molecular weight excluding hydrogens is 140 g/mol. The smallest absolute Gasteiger partial charge is 0.153 e. The Morgan fingerprint density at radius 2 is 2.09 bits per heavy atom. The summed E-state index contributed by atoms with van der Waals surface area (Å²) in [5, 5.41) is 6.43. The van der Waals surface area contributed by atoms with Crippen molar-refractivity contribution in [1.82, 2.24) is 9.97 Å². The molecule has 2 N–H and O–H groups in total. The summed E-state index contributed by atoms with van der Waals surface area (Å²) in [5.41, 5.74) is 2.04. The molecule has 0 saturated carbocycles. The first-order valence-electron chi connectivity index (χ1n) is 3.67. The number of rotatable bonds is 0. The minimum Gasteiger partial charge on any atom is -0.379 e. The van der Waals surface area contributed by atoms with Gasteiger partial charge in [-0.05, 0) is 6.92 Å². The average molecular weight is 150 g/mol. The second-order valence-electron chi connectivity index (χ2n) is 2.54. The van der Waals surface area contributed by atoms with E-state index in [0.717, 1.165) is 30.3 Å². The number of hydrogen-bond acceptors (Lipinski definition) is 4. The van der Waals surface area contributed by atoms with Crippen LogP contribution in [0.1, 0.15) is 5.69 Å². The molecule has 0 atom stereocenters. The highest BCUT2D eigenvalue weighted by atomic mass is 15.1. The Morgan fingerprint density at radius 1 is 1.27 bits per heavy atom. The van der Waals surface area contributed by atoms with Crippen molar-refractivity contribution in [3.63, 3.8) is 0 Å². The van der Waals surface area contributed by atoms with E-state index in [0.29, 0.717) is 0 Å². The number of aryl methyl sites for hydroxylation is 1. The van der Waals surface area contributed by atoms with Crippen molar-refractivity contribution in [3.8, 4) is 0 Å². The fraction of sp³-hybridized carbons (Fsp3) is 0.429. The Morgan fingerprint density at radius 3 is 2.91 bits per heavy atom. The second-order valence-corrected chi connectivity index (χ2v) is 2.54. The molecule has 0 amide bonds. The van der Waals surface area contributed by atoms with Gasteiger partial charge in [0.2, 0.25) is 0 Å². The number of fused-ring (bicyclic) bond motifs is 1. The van der Waals surface area contributed by atoms with Gasteiger partial charge in [0, 0.05) is 13.1 Å². The summed E-state index contributed by atoms with van der Waals surface area (Å²) in [4.78, 5) is 8.17. The van der Waals surface area contributed by atoms with Crippen LogP contribution in [0.5, 0.6) is 0 Å². The van der Waals surface area contributed by atoms with Gasteiger partial charge in [-0.2, -0.15) is 0 Å². The Kier molecular flexibility index (Phi) is 1.38. The van der Waals surface area contributed by atoms with E-state index in [4.69, 9.17) is 0 Å². The maximum atomic E-state index is 4.10. The molecule has 0 radical (unpaired) electrons. The lowest BCUT2D eigenvalue weighted by Crippen LogP contribution is -2.22. The first-order valence-corrected chi connectivity index (χ1v) is 3.67. The fourth-order valence-corrected chi connectivity index (χ4v) is 1.19. The van der Waals surface area contributed by atoms with Crippen LogP contribution in [-0.4, -0.2) is 23.1 Å². The van der Waals surface area contributed by atoms with Crippen LogP contribution in [0.15, 0.2) is 6.33 Å². The molecule has 0 unspecified atom stereocenters. The first kappa shape index (κ1) is 6.39. The zero-order chi connectivity index (χ0) is 7.68. The molecule has 0 aromatic carbocycles. The number of nitrogens with one attached hydrogen (secondary N) is 2. The summed E-state index contributed by atoms with van der Waals surface area (Å²) < 4.78 is 0. The van der Waals surface area contributed by atoms with Crippen LogP contribution in [-0.2, 0) is 0 Å². The molecule has 4 nitrogen and oxygen atoms in total. The van der Waals surface area contributed by atoms with Gasteiger partial charge >= 0.3 is 0 Å². The maximum absolute atomic E-state index is 4.10. The molecule has 4 heteroatoms. The molecule has 1 aromatic rings. The lowest BCUT2D eigenvalue weighted by molar-refractivity contribution is 0.980. The largest absolute Gasteiger partial charge is 0.379 e. The van der Waals surface area contributed by atoms with Gasteiger partial charge in [0.15, 0.2) is 5.82 Å². The third-order valence-corrected chi connectivity index (χ3v) is 1.76. The molecule has 1 aliphatic rings. The van der Waals surface area contributed by atoms with E-state index >= 15 is 0 Å². The molecule has 0 fully saturated rings. The molecule has 0 saturated heterocycles. The average Bonchev–Trinajstić information content (AvgIpc) is 2.06. The van der Waals surface area contributed by atoms with Gasteiger partial charge in [0.1, 0.15) is 6.33 Å². The second kappa shape index (κ2) is 2.38. The number of hydrogen-bond donors (Lipinski definition) is 2. The van der Waals surface area contributed by atoms with E-state index < -0.39 is 0 Å². The summed E-state index contributed by atoms with van der Waals surface area (Å²) in [6, 6.07) is 0. The maximum Gasteiger partial charge on any atom is 0.153 e. The minimum atomic E-state index is 0.920. The lowest BCUT2D eigenvalue weighted by Gasteiger charge is -2.19. The molecule has 0 spiro atoms. The molecule has 11 heavy (non-hydrogen) atoms. The Labute approximate surface area is 65.1 Å². The van der Waals surface area contributed by atoms with Crippen molar-refractivity contribution in [2.75, 3.05) is 23.7 Å². The van der Waals surface area contributed by atoms with Crippen LogP contribution in [0.25, 0.3) is 0 Å². The molecular formula is C7H10N4. The Hall–Kier alpha value is -1.32. The van der Waals surface area contributed by atoms with Crippen molar-refractivity contribution < 1.29 is 0 Å². The molecule has 1 aromatic heterocycles. The quantitative estimate of drug-likeness (QED) is 0.569. The number of aromatic nitrogens is 2. The van der Waals surface area contributed by atoms with Gasteiger partial charge in [0.25, 0.3) is 0 Å². The van der Waals surface area contributed by atoms with E-state index in [9.17, 15) is 0 Å². The van der Waals surface area contributed by atoms with Gasteiger partial charge in [-0.1, -0.05) is 0 Å². The third-order valence-electron chi connectivity index (χ3n) is 1.76. The summed E-state index contributed by atoms with van der Waals surface area (Å²) in [7, 11) is 0. The van der Waals surface area contributed by atoms with Crippen molar-refractivity contribution in [2.24, 2.45) is 0 Å². The predicted molar refractivity (Wildman–Crippen MR) is 43.7 cm³/mol. The molecule has 1 aliphatic heterocycles. The molecule has 0 bridgehead atoms. The summed E-state index contributed by atoms with van der Waals surface area (Å²) in [5.74, 6) is 0.920. The molecule has 58 valence electrons. The topological polar surface area (TPSA) is 49.8 Å². The standard InChI is InChI=1S/C7H10N4/c1-5-6-7(11-4-10-5)9-3-2-8-6/h4,8H,2-3H2,1H3,(H,9,10,11). The zero-order valence-corrected chi connectivity index (χ0v) is 6.39. The van der Waals surface area contributed by atoms with Gasteiger partial charge in [-0.3, -0.25) is 0 Å². The van der Waals surface area contributed by atoms with Crippen LogP contribution in [0.4, 0.5) is 11.5 Å². The Balaban J connectivity index is 2.49. The van der Waals surface area contributed by atoms with Crippen molar-refractivity contribution in [1.29, 1.82) is 0 Å². The van der Waals surface area contributed by atoms with Crippen LogP contribution >= 0.6 is 0 Å². The van der Waals surface area contributed by atoms with E-state index in [2.05, 4.69) is 20.6 Å². The summed E-state index contributed by atoms with van der Waals surface area (Å²) in [6.45, 7) is 3.85.